The van der Waals surface area contributed by atoms with Gasteiger partial charge in [0.05, 0.1) is 12.6 Å². The van der Waals surface area contributed by atoms with Crippen LogP contribution in [0.1, 0.15) is 17.4 Å². The number of aryl methyl sites for hydroxylation is 1. The normalized spacial score (nSPS) is 17.0. The summed E-state index contributed by atoms with van der Waals surface area (Å²) in [7, 11) is 0. The number of rotatable bonds is 4. The number of β-amino-alcohol motifs (C(OH)–C–C–N with tert-alkyl or cyclic N) is 1. The summed E-state index contributed by atoms with van der Waals surface area (Å²) in [5.74, 6) is 0. The van der Waals surface area contributed by atoms with Crippen molar-refractivity contribution in [2.24, 2.45) is 0 Å². The van der Waals surface area contributed by atoms with E-state index in [1.807, 2.05) is 23.1 Å². The third-order valence-electron chi connectivity index (χ3n) is 4.58. The molecule has 1 fully saturated rings. The molecule has 1 aliphatic heterocycles. The highest BCUT2D eigenvalue weighted by Crippen LogP contribution is 2.32. The molecule has 136 valence electrons. The van der Waals surface area contributed by atoms with Gasteiger partial charge in [-0.3, -0.25) is 4.90 Å². The lowest BCUT2D eigenvalue weighted by Gasteiger charge is -2.35. The van der Waals surface area contributed by atoms with Gasteiger partial charge >= 0.3 is 6.03 Å². The highest BCUT2D eigenvalue weighted by atomic mass is 35.5. The summed E-state index contributed by atoms with van der Waals surface area (Å²) in [6.45, 7) is 8.07. The molecule has 5 nitrogen and oxygen atoms in total. The predicted molar refractivity (Wildman–Crippen MR) is 104 cm³/mol. The maximum absolute atomic E-state index is 12.4. The minimum absolute atomic E-state index is 0.0217. The Labute approximate surface area is 157 Å². The number of nitrogens with zero attached hydrogens (tertiary/aromatic N) is 2. The first-order chi connectivity index (χ1) is 11.9. The van der Waals surface area contributed by atoms with Crippen LogP contribution in [0, 0.1) is 6.92 Å². The fourth-order valence-corrected chi connectivity index (χ4v) is 4.49. The molecule has 2 aromatic rings. The fourth-order valence-electron chi connectivity index (χ4n) is 3.19. The summed E-state index contributed by atoms with van der Waals surface area (Å²) < 4.78 is 1.19. The number of hydrogen-bond acceptors (Lipinski definition) is 4. The average Bonchev–Trinajstić information content (AvgIpc) is 2.89. The molecule has 25 heavy (non-hydrogen) atoms. The molecule has 0 bridgehead atoms. The Morgan fingerprint density at radius 2 is 2.08 bits per heavy atom. The Kier molecular flexibility index (Phi) is 5.84. The first-order valence-corrected chi connectivity index (χ1v) is 9.74. The maximum atomic E-state index is 12.4. The van der Waals surface area contributed by atoms with Crippen LogP contribution in [0.25, 0.3) is 10.1 Å². The third kappa shape index (κ3) is 4.44. The third-order valence-corrected chi connectivity index (χ3v) is 6.09. The average molecular weight is 382 g/mol. The van der Waals surface area contributed by atoms with E-state index in [1.165, 1.54) is 15.1 Å². The lowest BCUT2D eigenvalue weighted by molar-refractivity contribution is 0.0897. The summed E-state index contributed by atoms with van der Waals surface area (Å²) in [6, 6.07) is 5.89. The highest BCUT2D eigenvalue weighted by molar-refractivity contribution is 7.19. The van der Waals surface area contributed by atoms with Crippen molar-refractivity contribution in [3.63, 3.8) is 0 Å². The summed E-state index contributed by atoms with van der Waals surface area (Å²) in [4.78, 5) is 17.6. The van der Waals surface area contributed by atoms with Crippen molar-refractivity contribution in [3.05, 3.63) is 33.7 Å². The zero-order chi connectivity index (χ0) is 18.0. The van der Waals surface area contributed by atoms with Gasteiger partial charge in [-0.25, -0.2) is 4.79 Å². The first kappa shape index (κ1) is 18.5. The Bertz CT molecular complexity index is 754. The number of amides is 2. The van der Waals surface area contributed by atoms with Gasteiger partial charge < -0.3 is 15.3 Å². The molecule has 1 aromatic carbocycles. The number of hydrogen-bond donors (Lipinski definition) is 2. The van der Waals surface area contributed by atoms with Gasteiger partial charge in [0.2, 0.25) is 0 Å². The Morgan fingerprint density at radius 1 is 1.36 bits per heavy atom. The Balaban J connectivity index is 1.55. The summed E-state index contributed by atoms with van der Waals surface area (Å²) in [5, 5.41) is 14.4. The molecule has 7 heteroatoms. The lowest BCUT2D eigenvalue weighted by Crippen LogP contribution is -2.52. The van der Waals surface area contributed by atoms with Gasteiger partial charge in [-0.05, 0) is 43.0 Å². The minimum Gasteiger partial charge on any atom is -0.392 e. The molecule has 2 amide bonds. The predicted octanol–water partition coefficient (Wildman–Crippen LogP) is 3.07. The van der Waals surface area contributed by atoms with E-state index in [4.69, 9.17) is 11.6 Å². The monoisotopic (exact) mass is 381 g/mol. The molecular formula is C18H24ClN3O2S. The molecule has 1 atom stereocenters. The van der Waals surface area contributed by atoms with Crippen molar-refractivity contribution in [3.8, 4) is 0 Å². The van der Waals surface area contributed by atoms with Crippen LogP contribution in [0.3, 0.4) is 0 Å². The van der Waals surface area contributed by atoms with Crippen molar-refractivity contribution in [1.29, 1.82) is 0 Å². The number of aliphatic hydroxyl groups excluding tert-OH is 1. The van der Waals surface area contributed by atoms with Crippen LogP contribution in [0.2, 0.25) is 5.02 Å². The van der Waals surface area contributed by atoms with Gasteiger partial charge in [0.1, 0.15) is 0 Å². The number of carbonyl (C=O) groups is 1. The van der Waals surface area contributed by atoms with Gasteiger partial charge in [-0.15, -0.1) is 11.3 Å². The van der Waals surface area contributed by atoms with Crippen molar-refractivity contribution >= 4 is 39.1 Å². The van der Waals surface area contributed by atoms with Crippen LogP contribution in [-0.4, -0.2) is 59.8 Å². The van der Waals surface area contributed by atoms with E-state index in [1.54, 1.807) is 18.3 Å². The number of aliphatic hydroxyl groups is 1. The van der Waals surface area contributed by atoms with Crippen molar-refractivity contribution in [1.82, 2.24) is 15.1 Å². The quantitative estimate of drug-likeness (QED) is 0.855. The number of carbonyl (C=O) groups excluding carboxylic acids is 1. The molecule has 2 N–H and O–H groups in total. The molecule has 1 aliphatic rings. The van der Waals surface area contributed by atoms with E-state index in [2.05, 4.69) is 17.1 Å². The summed E-state index contributed by atoms with van der Waals surface area (Å²) >= 11 is 7.78. The molecule has 2 heterocycles. The van der Waals surface area contributed by atoms with Crippen LogP contribution in [0.4, 0.5) is 4.79 Å². The van der Waals surface area contributed by atoms with Gasteiger partial charge in [-0.1, -0.05) is 11.6 Å². The maximum Gasteiger partial charge on any atom is 0.317 e. The van der Waals surface area contributed by atoms with E-state index in [0.717, 1.165) is 23.5 Å². The molecule has 0 saturated carbocycles. The second kappa shape index (κ2) is 7.91. The van der Waals surface area contributed by atoms with Crippen LogP contribution >= 0.6 is 22.9 Å². The summed E-state index contributed by atoms with van der Waals surface area (Å²) in [5.41, 5.74) is 1.18. The van der Waals surface area contributed by atoms with Crippen molar-refractivity contribution < 1.29 is 9.90 Å². The van der Waals surface area contributed by atoms with Gasteiger partial charge in [0.15, 0.2) is 0 Å². The Morgan fingerprint density at radius 3 is 2.76 bits per heavy atom. The second-order valence-electron chi connectivity index (χ2n) is 6.59. The molecule has 0 radical (unpaired) electrons. The molecule has 0 unspecified atom stereocenters. The number of thiophene rings is 1. The highest BCUT2D eigenvalue weighted by Gasteiger charge is 2.21. The van der Waals surface area contributed by atoms with Gasteiger partial charge in [0.25, 0.3) is 0 Å². The topological polar surface area (TPSA) is 55.8 Å². The Hall–Kier alpha value is -1.34. The standard InChI is InChI=1S/C18H24ClN3O2S/c1-12(23)11-21-5-7-22(8-6-21)18(24)20-10-17-13(2)15-9-14(19)3-4-16(15)25-17/h3-4,9,12,23H,5-8,10-11H2,1-2H3,(H,20,24)/t12-/m1/s1. The van der Waals surface area contributed by atoms with Crippen molar-refractivity contribution in [2.75, 3.05) is 32.7 Å². The van der Waals surface area contributed by atoms with Crippen LogP contribution in [-0.2, 0) is 6.54 Å². The first-order valence-electron chi connectivity index (χ1n) is 8.55. The minimum atomic E-state index is -0.329. The summed E-state index contributed by atoms with van der Waals surface area (Å²) in [6.07, 6.45) is -0.329. The number of halogens is 1. The smallest absolute Gasteiger partial charge is 0.317 e. The molecule has 0 spiro atoms. The second-order valence-corrected chi connectivity index (χ2v) is 8.16. The van der Waals surface area contributed by atoms with E-state index in [-0.39, 0.29) is 12.1 Å². The molecule has 1 aromatic heterocycles. The van der Waals surface area contributed by atoms with E-state index in [0.29, 0.717) is 26.2 Å². The molecule has 3 rings (SSSR count). The van der Waals surface area contributed by atoms with Crippen LogP contribution < -0.4 is 5.32 Å². The largest absolute Gasteiger partial charge is 0.392 e. The van der Waals surface area contributed by atoms with Crippen molar-refractivity contribution in [2.45, 2.75) is 26.5 Å². The number of benzene rings is 1. The van der Waals surface area contributed by atoms with Crippen LogP contribution in [0.5, 0.6) is 0 Å². The van der Waals surface area contributed by atoms with E-state index in [9.17, 15) is 9.90 Å². The SMILES string of the molecule is Cc1c(CNC(=O)N2CCN(C[C@@H](C)O)CC2)sc2ccc(Cl)cc12. The van der Waals surface area contributed by atoms with E-state index < -0.39 is 0 Å². The number of piperazine rings is 1. The molecule has 1 saturated heterocycles. The van der Waals surface area contributed by atoms with Gasteiger partial charge in [-0.2, -0.15) is 0 Å². The molecule has 0 aliphatic carbocycles. The lowest BCUT2D eigenvalue weighted by atomic mass is 10.1. The van der Waals surface area contributed by atoms with Crippen LogP contribution in [0.15, 0.2) is 18.2 Å². The van der Waals surface area contributed by atoms with E-state index >= 15 is 0 Å². The number of urea groups is 1. The zero-order valence-corrected chi connectivity index (χ0v) is 16.2. The zero-order valence-electron chi connectivity index (χ0n) is 14.6. The number of fused-ring (bicyclic) bond motifs is 1. The van der Waals surface area contributed by atoms with Gasteiger partial charge in [0, 0.05) is 47.3 Å². The fraction of sp³-hybridized carbons (Fsp3) is 0.500. The molecular weight excluding hydrogens is 358 g/mol. The number of nitrogens with one attached hydrogen (secondary N) is 1.